The predicted molar refractivity (Wildman–Crippen MR) is 94.3 cm³/mol. The van der Waals surface area contributed by atoms with Crippen LogP contribution in [-0.4, -0.2) is 36.6 Å². The van der Waals surface area contributed by atoms with Crippen LogP contribution in [0.4, 0.5) is 10.1 Å². The molecule has 0 aliphatic carbocycles. The van der Waals surface area contributed by atoms with E-state index in [1.54, 1.807) is 30.6 Å². The van der Waals surface area contributed by atoms with E-state index >= 15 is 0 Å². The zero-order valence-electron chi connectivity index (χ0n) is 14.0. The highest BCUT2D eigenvalue weighted by Gasteiger charge is 2.34. The quantitative estimate of drug-likeness (QED) is 0.810. The summed E-state index contributed by atoms with van der Waals surface area (Å²) in [5.74, 6) is -1.23. The lowest BCUT2D eigenvalue weighted by atomic mass is 10.1. The second-order valence-electron chi connectivity index (χ2n) is 5.91. The van der Waals surface area contributed by atoms with Crippen LogP contribution in [0.3, 0.4) is 0 Å². The molecule has 0 radical (unpaired) electrons. The van der Waals surface area contributed by atoms with Gasteiger partial charge in [-0.25, -0.2) is 9.18 Å². The zero-order chi connectivity index (χ0) is 18.7. The Kier molecular flexibility index (Phi) is 5.49. The molecule has 1 aliphatic rings. The molecule has 1 N–H and O–H groups in total. The van der Waals surface area contributed by atoms with Gasteiger partial charge in [-0.3, -0.25) is 15.1 Å². The summed E-state index contributed by atoms with van der Waals surface area (Å²) in [5.41, 5.74) is 1.07. The van der Waals surface area contributed by atoms with E-state index in [-0.39, 0.29) is 23.4 Å². The van der Waals surface area contributed by atoms with Gasteiger partial charge in [0, 0.05) is 37.1 Å². The highest BCUT2D eigenvalue weighted by Crippen LogP contribution is 2.27. The van der Waals surface area contributed by atoms with Crippen LogP contribution in [0.15, 0.2) is 42.7 Å². The molecule has 136 valence electrons. The first-order chi connectivity index (χ1) is 12.5. The molecule has 8 heteroatoms. The number of methoxy groups -OCH3 is 1. The van der Waals surface area contributed by atoms with Gasteiger partial charge in [-0.2, -0.15) is 0 Å². The number of hydrogen-bond acceptors (Lipinski definition) is 5. The Balaban J connectivity index is 1.76. The summed E-state index contributed by atoms with van der Waals surface area (Å²) in [5, 5.41) is 3.14. The smallest absolute Gasteiger partial charge is 0.327 e. The molecule has 1 amide bonds. The first-order valence-corrected chi connectivity index (χ1v) is 8.36. The Morgan fingerprint density at radius 1 is 1.46 bits per heavy atom. The van der Waals surface area contributed by atoms with Crippen molar-refractivity contribution in [1.29, 1.82) is 0 Å². The molecule has 0 spiro atoms. The van der Waals surface area contributed by atoms with Gasteiger partial charge >= 0.3 is 5.97 Å². The number of hydrogen-bond donors (Lipinski definition) is 1. The normalized spacial score (nSPS) is 18.0. The number of benzene rings is 1. The molecule has 3 rings (SSSR count). The highest BCUT2D eigenvalue weighted by atomic mass is 35.5. The van der Waals surface area contributed by atoms with Gasteiger partial charge in [-0.15, -0.1) is 0 Å². The number of carbonyl (C=O) groups excluding carboxylic acids is 2. The number of rotatable bonds is 5. The van der Waals surface area contributed by atoms with Gasteiger partial charge in [0.2, 0.25) is 5.91 Å². The van der Waals surface area contributed by atoms with E-state index in [2.05, 4.69) is 10.3 Å². The van der Waals surface area contributed by atoms with Crippen LogP contribution in [0.2, 0.25) is 5.02 Å². The van der Waals surface area contributed by atoms with Crippen molar-refractivity contribution in [3.05, 3.63) is 59.1 Å². The predicted octanol–water partition coefficient (Wildman–Crippen LogP) is 2.48. The summed E-state index contributed by atoms with van der Waals surface area (Å²) in [4.78, 5) is 30.0. The number of halogens is 2. The topological polar surface area (TPSA) is 71.5 Å². The molecule has 6 nitrogen and oxygen atoms in total. The number of pyridine rings is 1. The summed E-state index contributed by atoms with van der Waals surface area (Å²) in [7, 11) is 1.30. The van der Waals surface area contributed by atoms with Crippen LogP contribution in [0.25, 0.3) is 0 Å². The van der Waals surface area contributed by atoms with Crippen molar-refractivity contribution in [2.45, 2.75) is 18.5 Å². The average Bonchev–Trinajstić information content (AvgIpc) is 3.02. The van der Waals surface area contributed by atoms with Crippen LogP contribution in [0.1, 0.15) is 18.0 Å². The third-order valence-corrected chi connectivity index (χ3v) is 4.50. The van der Waals surface area contributed by atoms with E-state index in [0.717, 1.165) is 0 Å². The van der Waals surface area contributed by atoms with Crippen molar-refractivity contribution in [2.75, 3.05) is 18.6 Å². The summed E-state index contributed by atoms with van der Waals surface area (Å²) in [6.45, 7) is 0.299. The Morgan fingerprint density at radius 2 is 2.27 bits per heavy atom. The summed E-state index contributed by atoms with van der Waals surface area (Å²) in [6, 6.07) is 6.65. The number of aromatic nitrogens is 1. The first-order valence-electron chi connectivity index (χ1n) is 7.99. The molecule has 2 aromatic rings. The van der Waals surface area contributed by atoms with E-state index < -0.39 is 17.8 Å². The Labute approximate surface area is 154 Å². The van der Waals surface area contributed by atoms with Crippen LogP contribution in [-0.2, 0) is 14.3 Å². The number of carbonyl (C=O) groups is 2. The zero-order valence-corrected chi connectivity index (χ0v) is 14.7. The molecule has 0 bridgehead atoms. The molecule has 2 heterocycles. The molecular weight excluding hydrogens is 361 g/mol. The van der Waals surface area contributed by atoms with E-state index in [1.165, 1.54) is 24.1 Å². The minimum Gasteiger partial charge on any atom is -0.468 e. The molecule has 1 saturated heterocycles. The molecule has 2 unspecified atom stereocenters. The lowest BCUT2D eigenvalue weighted by Gasteiger charge is -2.21. The standard InChI is InChI=1S/C18H17ClFN3O3/c1-26-18(25)17(11-3-2-6-21-9-11)22-12-7-16(24)23(10-12)13-4-5-14(19)15(20)8-13/h2-6,8-9,12,17,22H,7,10H2,1H3. The van der Waals surface area contributed by atoms with Crippen LogP contribution < -0.4 is 10.2 Å². The number of ether oxygens (including phenoxy) is 1. The Morgan fingerprint density at radius 3 is 2.92 bits per heavy atom. The Bertz CT molecular complexity index is 819. The van der Waals surface area contributed by atoms with Crippen molar-refractivity contribution in [1.82, 2.24) is 10.3 Å². The van der Waals surface area contributed by atoms with Gasteiger partial charge in [0.05, 0.1) is 12.1 Å². The Hall–Kier alpha value is -2.51. The fourth-order valence-corrected chi connectivity index (χ4v) is 3.04. The highest BCUT2D eigenvalue weighted by molar-refractivity contribution is 6.30. The molecular formula is C18H17ClFN3O3. The van der Waals surface area contributed by atoms with Gasteiger partial charge in [0.15, 0.2) is 0 Å². The number of nitrogens with one attached hydrogen (secondary N) is 1. The lowest BCUT2D eigenvalue weighted by Crippen LogP contribution is -2.39. The van der Waals surface area contributed by atoms with Crippen molar-refractivity contribution < 1.29 is 18.7 Å². The van der Waals surface area contributed by atoms with Gasteiger partial charge in [0.25, 0.3) is 0 Å². The van der Waals surface area contributed by atoms with Gasteiger partial charge < -0.3 is 9.64 Å². The van der Waals surface area contributed by atoms with Gasteiger partial charge in [0.1, 0.15) is 11.9 Å². The van der Waals surface area contributed by atoms with E-state index in [4.69, 9.17) is 16.3 Å². The van der Waals surface area contributed by atoms with E-state index in [0.29, 0.717) is 17.8 Å². The average molecular weight is 378 g/mol. The molecule has 26 heavy (non-hydrogen) atoms. The second-order valence-corrected chi connectivity index (χ2v) is 6.32. The number of nitrogens with zero attached hydrogens (tertiary/aromatic N) is 2. The van der Waals surface area contributed by atoms with Crippen LogP contribution >= 0.6 is 11.6 Å². The summed E-state index contributed by atoms with van der Waals surface area (Å²) in [6.07, 6.45) is 3.35. The summed E-state index contributed by atoms with van der Waals surface area (Å²) < 4.78 is 18.5. The minimum atomic E-state index is -0.742. The van der Waals surface area contributed by atoms with Crippen molar-refractivity contribution in [3.63, 3.8) is 0 Å². The van der Waals surface area contributed by atoms with Crippen molar-refractivity contribution in [2.24, 2.45) is 0 Å². The summed E-state index contributed by atoms with van der Waals surface area (Å²) >= 11 is 5.69. The fourth-order valence-electron chi connectivity index (χ4n) is 2.92. The maximum absolute atomic E-state index is 13.7. The molecule has 1 aromatic carbocycles. The van der Waals surface area contributed by atoms with Crippen molar-refractivity contribution in [3.8, 4) is 0 Å². The molecule has 1 fully saturated rings. The minimum absolute atomic E-state index is 0.00240. The second kappa shape index (κ2) is 7.80. The molecule has 1 aliphatic heterocycles. The third-order valence-electron chi connectivity index (χ3n) is 4.20. The third kappa shape index (κ3) is 3.84. The molecule has 1 aromatic heterocycles. The van der Waals surface area contributed by atoms with Gasteiger partial charge in [-0.1, -0.05) is 17.7 Å². The number of esters is 1. The first kappa shape index (κ1) is 18.3. The molecule has 2 atom stereocenters. The van der Waals surface area contributed by atoms with E-state index in [9.17, 15) is 14.0 Å². The fraction of sp³-hybridized carbons (Fsp3) is 0.278. The van der Waals surface area contributed by atoms with Crippen molar-refractivity contribution >= 4 is 29.2 Å². The van der Waals surface area contributed by atoms with E-state index in [1.807, 2.05) is 0 Å². The SMILES string of the molecule is COC(=O)C(NC1CC(=O)N(c2ccc(Cl)c(F)c2)C1)c1cccnc1. The van der Waals surface area contributed by atoms with Gasteiger partial charge in [-0.05, 0) is 29.8 Å². The maximum Gasteiger partial charge on any atom is 0.327 e. The monoisotopic (exact) mass is 377 g/mol. The lowest BCUT2D eigenvalue weighted by molar-refractivity contribution is -0.143. The molecule has 0 saturated carbocycles. The maximum atomic E-state index is 13.7. The van der Waals surface area contributed by atoms with Crippen LogP contribution in [0.5, 0.6) is 0 Å². The largest absolute Gasteiger partial charge is 0.468 e. The number of amides is 1. The number of anilines is 1. The van der Waals surface area contributed by atoms with Crippen LogP contribution in [0, 0.1) is 5.82 Å².